The summed E-state index contributed by atoms with van der Waals surface area (Å²) in [5.74, 6) is 0.103. The summed E-state index contributed by atoms with van der Waals surface area (Å²) in [4.78, 5) is 23.0. The van der Waals surface area contributed by atoms with Crippen LogP contribution in [-0.2, 0) is 9.59 Å². The molecule has 3 heteroatoms. The van der Waals surface area contributed by atoms with E-state index >= 15 is 0 Å². The Morgan fingerprint density at radius 1 is 1.30 bits per heavy atom. The Kier molecular flexibility index (Phi) is 5.00. The van der Waals surface area contributed by atoms with E-state index in [-0.39, 0.29) is 16.7 Å². The van der Waals surface area contributed by atoms with Crippen LogP contribution in [0, 0.1) is 22.7 Å². The fourth-order valence-corrected chi connectivity index (χ4v) is 4.92. The molecular weight excluding hydrogens is 288 g/mol. The van der Waals surface area contributed by atoms with E-state index in [0.717, 1.165) is 44.7 Å². The van der Waals surface area contributed by atoms with Crippen LogP contribution in [0.5, 0.6) is 0 Å². The van der Waals surface area contributed by atoms with Crippen molar-refractivity contribution >= 4 is 12.6 Å². The maximum absolute atomic E-state index is 11.7. The van der Waals surface area contributed by atoms with Crippen LogP contribution in [0.25, 0.3) is 0 Å². The van der Waals surface area contributed by atoms with Gasteiger partial charge in [0.15, 0.2) is 0 Å². The third-order valence-corrected chi connectivity index (χ3v) is 6.14. The van der Waals surface area contributed by atoms with Crippen molar-refractivity contribution in [2.75, 3.05) is 0 Å². The number of carbonyl (C=O) groups excluding carboxylic acids is 2. The van der Waals surface area contributed by atoms with Crippen LogP contribution in [0.4, 0.5) is 0 Å². The maximum atomic E-state index is 11.7. The summed E-state index contributed by atoms with van der Waals surface area (Å²) in [5, 5.41) is 9.88. The van der Waals surface area contributed by atoms with Gasteiger partial charge in [-0.2, -0.15) is 0 Å². The number of rotatable bonds is 5. The molecule has 1 saturated carbocycles. The largest absolute Gasteiger partial charge is 0.386 e. The van der Waals surface area contributed by atoms with Gasteiger partial charge in [0.25, 0.3) is 0 Å². The molecule has 0 aliphatic heterocycles. The Bertz CT molecular complexity index is 525. The van der Waals surface area contributed by atoms with E-state index in [1.54, 1.807) is 13.8 Å². The average Bonchev–Trinajstić information content (AvgIpc) is 2.44. The Hall–Kier alpha value is -1.22. The third kappa shape index (κ3) is 3.50. The second-order valence-electron chi connectivity index (χ2n) is 8.50. The van der Waals surface area contributed by atoms with Crippen molar-refractivity contribution < 1.29 is 14.7 Å². The van der Waals surface area contributed by atoms with Crippen LogP contribution in [0.1, 0.15) is 59.8 Å². The van der Waals surface area contributed by atoms with Gasteiger partial charge in [-0.15, -0.1) is 0 Å². The predicted octanol–water partition coefficient (Wildman–Crippen LogP) is 3.86. The van der Waals surface area contributed by atoms with E-state index in [2.05, 4.69) is 19.9 Å². The summed E-state index contributed by atoms with van der Waals surface area (Å²) in [5.41, 5.74) is -0.171. The molecular formula is C20H30O3. The summed E-state index contributed by atoms with van der Waals surface area (Å²) in [6.45, 7) is 8.04. The van der Waals surface area contributed by atoms with Gasteiger partial charge >= 0.3 is 0 Å². The zero-order valence-corrected chi connectivity index (χ0v) is 14.8. The zero-order chi connectivity index (χ0) is 17.3. The average molecular weight is 318 g/mol. The number of aliphatic hydroxyl groups is 1. The first-order valence-electron chi connectivity index (χ1n) is 8.67. The van der Waals surface area contributed by atoms with Gasteiger partial charge in [-0.3, -0.25) is 4.79 Å². The lowest BCUT2D eigenvalue weighted by molar-refractivity contribution is -0.122. The summed E-state index contributed by atoms with van der Waals surface area (Å²) in [6, 6.07) is 0. The molecule has 0 amide bonds. The maximum Gasteiger partial charge on any atom is 0.146 e. The van der Waals surface area contributed by atoms with E-state index in [0.29, 0.717) is 11.5 Å². The molecule has 0 heterocycles. The van der Waals surface area contributed by atoms with Gasteiger partial charge in [0.1, 0.15) is 12.6 Å². The van der Waals surface area contributed by atoms with Crippen molar-refractivity contribution in [1.29, 1.82) is 0 Å². The van der Waals surface area contributed by atoms with Gasteiger partial charge < -0.3 is 9.90 Å². The molecule has 0 aromatic carbocycles. The second-order valence-corrected chi connectivity index (χ2v) is 8.50. The Morgan fingerprint density at radius 2 is 2.00 bits per heavy atom. The highest BCUT2D eigenvalue weighted by Gasteiger charge is 2.53. The van der Waals surface area contributed by atoms with E-state index in [1.165, 1.54) is 0 Å². The minimum atomic E-state index is -0.795. The van der Waals surface area contributed by atoms with Crippen LogP contribution < -0.4 is 0 Å². The van der Waals surface area contributed by atoms with Crippen LogP contribution >= 0.6 is 0 Å². The molecule has 0 aromatic heterocycles. The summed E-state index contributed by atoms with van der Waals surface area (Å²) < 4.78 is 0. The number of carbonyl (C=O) groups is 2. The molecule has 1 N–H and O–H groups in total. The topological polar surface area (TPSA) is 54.4 Å². The highest BCUT2D eigenvalue weighted by Crippen LogP contribution is 2.60. The molecule has 0 spiro atoms. The molecule has 3 nitrogen and oxygen atoms in total. The van der Waals surface area contributed by atoms with Crippen molar-refractivity contribution in [2.24, 2.45) is 22.7 Å². The molecule has 2 aliphatic carbocycles. The van der Waals surface area contributed by atoms with Gasteiger partial charge in [-0.05, 0) is 61.9 Å². The summed E-state index contributed by atoms with van der Waals surface area (Å²) >= 11 is 0. The van der Waals surface area contributed by atoms with Crippen LogP contribution in [0.15, 0.2) is 23.8 Å². The molecule has 0 aromatic rings. The minimum absolute atomic E-state index is 0.0981. The van der Waals surface area contributed by atoms with E-state index in [9.17, 15) is 14.7 Å². The smallest absolute Gasteiger partial charge is 0.146 e. The van der Waals surface area contributed by atoms with Gasteiger partial charge in [0, 0.05) is 5.92 Å². The highest BCUT2D eigenvalue weighted by atomic mass is 16.3. The quantitative estimate of drug-likeness (QED) is 0.618. The zero-order valence-electron chi connectivity index (χ0n) is 14.8. The number of aldehydes is 2. The molecule has 1 fully saturated rings. The van der Waals surface area contributed by atoms with Crippen LogP contribution in [0.3, 0.4) is 0 Å². The van der Waals surface area contributed by atoms with Crippen LogP contribution in [0.2, 0.25) is 0 Å². The van der Waals surface area contributed by atoms with Crippen molar-refractivity contribution in [3.05, 3.63) is 23.8 Å². The lowest BCUT2D eigenvalue weighted by Gasteiger charge is -2.56. The van der Waals surface area contributed by atoms with Gasteiger partial charge in [0.05, 0.1) is 5.60 Å². The molecule has 0 saturated heterocycles. The second kappa shape index (κ2) is 6.35. The molecule has 128 valence electrons. The molecule has 0 bridgehead atoms. The Balaban J connectivity index is 2.31. The fraction of sp³-hybridized carbons (Fsp3) is 0.700. The molecule has 2 rings (SSSR count). The fourth-order valence-electron chi connectivity index (χ4n) is 4.92. The lowest BCUT2D eigenvalue weighted by Crippen LogP contribution is -2.50. The van der Waals surface area contributed by atoms with Crippen molar-refractivity contribution in [1.82, 2.24) is 0 Å². The molecule has 23 heavy (non-hydrogen) atoms. The number of hydrogen-bond donors (Lipinski definition) is 1. The SMILES string of the molecule is CC(C)(O)/C=C/C[C@]1(C)CCC[C@]2(C)[C@H](C=O)C(C=O)=CC[C@H]12. The van der Waals surface area contributed by atoms with Gasteiger partial charge in [0.2, 0.25) is 0 Å². The van der Waals surface area contributed by atoms with Gasteiger partial charge in [-0.1, -0.05) is 38.5 Å². The minimum Gasteiger partial charge on any atom is -0.386 e. The highest BCUT2D eigenvalue weighted by molar-refractivity contribution is 5.82. The molecule has 4 atom stereocenters. The number of hydrogen-bond acceptors (Lipinski definition) is 3. The van der Waals surface area contributed by atoms with Crippen molar-refractivity contribution in [3.8, 4) is 0 Å². The first-order valence-corrected chi connectivity index (χ1v) is 8.67. The normalized spacial score (nSPS) is 38.0. The standard InChI is InChI=1S/C20H30O3/c1-18(2,23)9-5-10-19(3)11-6-12-20(4)16(14-22)15(13-21)7-8-17(19)20/h5,7,9,13-14,16-17,23H,6,8,10-12H2,1-4H3/b9-5+/t16-,17-,19-,20-/m1/s1. The molecule has 2 aliphatic rings. The van der Waals surface area contributed by atoms with Gasteiger partial charge in [-0.25, -0.2) is 0 Å². The Morgan fingerprint density at radius 3 is 2.57 bits per heavy atom. The lowest BCUT2D eigenvalue weighted by atomic mass is 9.48. The van der Waals surface area contributed by atoms with Crippen molar-refractivity contribution in [2.45, 2.75) is 65.4 Å². The van der Waals surface area contributed by atoms with E-state index in [4.69, 9.17) is 0 Å². The summed E-state index contributed by atoms with van der Waals surface area (Å²) in [7, 11) is 0. The van der Waals surface area contributed by atoms with E-state index in [1.807, 2.05) is 12.2 Å². The third-order valence-electron chi connectivity index (χ3n) is 6.14. The van der Waals surface area contributed by atoms with Crippen molar-refractivity contribution in [3.63, 3.8) is 0 Å². The summed E-state index contributed by atoms with van der Waals surface area (Å²) in [6.07, 6.45) is 12.7. The first kappa shape index (κ1) is 18.1. The first-order chi connectivity index (χ1) is 10.7. The van der Waals surface area contributed by atoms with E-state index < -0.39 is 5.60 Å². The molecule has 0 unspecified atom stereocenters. The van der Waals surface area contributed by atoms with Crippen LogP contribution in [-0.4, -0.2) is 23.3 Å². The molecule has 0 radical (unpaired) electrons. The Labute approximate surface area is 139 Å². The predicted molar refractivity (Wildman–Crippen MR) is 91.9 cm³/mol. The monoisotopic (exact) mass is 318 g/mol. The number of fused-ring (bicyclic) bond motifs is 1. The number of allylic oxidation sites excluding steroid dienone is 3.